The van der Waals surface area contributed by atoms with Crippen LogP contribution in [-0.4, -0.2) is 23.1 Å². The van der Waals surface area contributed by atoms with Crippen molar-refractivity contribution in [3.05, 3.63) is 46.2 Å². The molecule has 5 nitrogen and oxygen atoms in total. The first-order valence-electron chi connectivity index (χ1n) is 9.21. The molecular weight excluding hydrogens is 316 g/mol. The van der Waals surface area contributed by atoms with E-state index in [-0.39, 0.29) is 17.6 Å². The maximum absolute atomic E-state index is 12.5. The molecule has 2 N–H and O–H groups in total. The Kier molecular flexibility index (Phi) is 5.87. The van der Waals surface area contributed by atoms with Crippen LogP contribution in [0.5, 0.6) is 0 Å². The molecule has 0 radical (unpaired) electrons. The lowest BCUT2D eigenvalue weighted by molar-refractivity contribution is -0.138. The minimum Gasteiger partial charge on any atom is -0.365 e. The second-order valence-corrected chi connectivity index (χ2v) is 6.72. The van der Waals surface area contributed by atoms with Gasteiger partial charge in [-0.05, 0) is 30.9 Å². The molecule has 0 aliphatic heterocycles. The Labute approximate surface area is 147 Å². The largest absolute Gasteiger partial charge is 0.365 e. The average Bonchev–Trinajstić information content (AvgIpc) is 2.64. The number of amides is 1. The summed E-state index contributed by atoms with van der Waals surface area (Å²) in [6, 6.07) is 9.16. The van der Waals surface area contributed by atoms with E-state index in [0.717, 1.165) is 29.3 Å². The molecule has 0 saturated heterocycles. The summed E-state index contributed by atoms with van der Waals surface area (Å²) in [5.41, 5.74) is 1.44. The van der Waals surface area contributed by atoms with Crippen LogP contribution in [0.25, 0.3) is 10.9 Å². The fourth-order valence-electron chi connectivity index (χ4n) is 3.50. The number of pyridine rings is 1. The molecule has 1 saturated carbocycles. The van der Waals surface area contributed by atoms with E-state index >= 15 is 0 Å². The molecule has 1 amide bonds. The molecule has 134 valence electrons. The van der Waals surface area contributed by atoms with Crippen molar-refractivity contribution in [1.29, 1.82) is 0 Å². The van der Waals surface area contributed by atoms with Crippen molar-refractivity contribution in [3.8, 4) is 0 Å². The van der Waals surface area contributed by atoms with Crippen LogP contribution in [-0.2, 0) is 16.1 Å². The van der Waals surface area contributed by atoms with Crippen molar-refractivity contribution in [2.24, 2.45) is 0 Å². The molecule has 1 fully saturated rings. The van der Waals surface area contributed by atoms with E-state index in [4.69, 9.17) is 4.74 Å². The summed E-state index contributed by atoms with van der Waals surface area (Å²) in [5, 5.41) is 3.89. The molecule has 0 spiro atoms. The number of aromatic nitrogens is 1. The van der Waals surface area contributed by atoms with E-state index in [9.17, 15) is 9.59 Å². The molecule has 1 aromatic heterocycles. The Morgan fingerprint density at radius 3 is 2.80 bits per heavy atom. The van der Waals surface area contributed by atoms with Crippen molar-refractivity contribution < 1.29 is 9.53 Å². The first-order chi connectivity index (χ1) is 12.2. The van der Waals surface area contributed by atoms with Gasteiger partial charge < -0.3 is 15.0 Å². The number of carbonyl (C=O) groups is 1. The Bertz CT molecular complexity index is 778. The van der Waals surface area contributed by atoms with E-state index in [1.54, 1.807) is 6.07 Å². The average molecular weight is 342 g/mol. The minimum atomic E-state index is -0.420. The summed E-state index contributed by atoms with van der Waals surface area (Å²) >= 11 is 0. The first kappa shape index (κ1) is 17.7. The summed E-state index contributed by atoms with van der Waals surface area (Å²) in [6.45, 7) is 2.30. The van der Waals surface area contributed by atoms with Gasteiger partial charge in [0.1, 0.15) is 6.10 Å². The van der Waals surface area contributed by atoms with Gasteiger partial charge in [-0.25, -0.2) is 0 Å². The molecule has 1 atom stereocenters. The van der Waals surface area contributed by atoms with Crippen molar-refractivity contribution in [3.63, 3.8) is 0 Å². The van der Waals surface area contributed by atoms with Gasteiger partial charge >= 0.3 is 0 Å². The Balaban J connectivity index is 1.65. The molecule has 0 unspecified atom stereocenters. The van der Waals surface area contributed by atoms with Crippen LogP contribution < -0.4 is 10.9 Å². The lowest BCUT2D eigenvalue weighted by Gasteiger charge is -2.26. The molecule has 1 aliphatic rings. The molecule has 0 bridgehead atoms. The van der Waals surface area contributed by atoms with Crippen molar-refractivity contribution in [2.45, 2.75) is 64.2 Å². The highest BCUT2D eigenvalue weighted by molar-refractivity contribution is 5.84. The molecule has 5 heteroatoms. The SMILES string of the molecule is CC[C@H](OC1CCCCC1)C(=O)NCc1cc(=O)[nH]c2ccccc12. The van der Waals surface area contributed by atoms with Gasteiger partial charge in [0, 0.05) is 23.5 Å². The summed E-state index contributed by atoms with van der Waals surface area (Å²) < 4.78 is 6.02. The predicted octanol–water partition coefficient (Wildman–Crippen LogP) is 3.27. The van der Waals surface area contributed by atoms with Crippen molar-refractivity contribution in [2.75, 3.05) is 0 Å². The lowest BCUT2D eigenvalue weighted by atomic mass is 9.97. The summed E-state index contributed by atoms with van der Waals surface area (Å²) in [5.74, 6) is -0.0996. The highest BCUT2D eigenvalue weighted by Gasteiger charge is 2.23. The van der Waals surface area contributed by atoms with E-state index < -0.39 is 6.10 Å². The minimum absolute atomic E-state index is 0.0996. The molecule has 25 heavy (non-hydrogen) atoms. The quantitative estimate of drug-likeness (QED) is 0.846. The number of benzene rings is 1. The topological polar surface area (TPSA) is 71.2 Å². The van der Waals surface area contributed by atoms with Crippen LogP contribution in [0, 0.1) is 0 Å². The first-order valence-corrected chi connectivity index (χ1v) is 9.21. The van der Waals surface area contributed by atoms with Crippen LogP contribution in [0.4, 0.5) is 0 Å². The number of hydrogen-bond donors (Lipinski definition) is 2. The normalized spacial score (nSPS) is 16.7. The van der Waals surface area contributed by atoms with Crippen molar-refractivity contribution in [1.82, 2.24) is 10.3 Å². The number of fused-ring (bicyclic) bond motifs is 1. The third-order valence-electron chi connectivity index (χ3n) is 4.86. The lowest BCUT2D eigenvalue weighted by Crippen LogP contribution is -2.38. The third kappa shape index (κ3) is 4.48. The smallest absolute Gasteiger partial charge is 0.249 e. The van der Waals surface area contributed by atoms with Gasteiger partial charge in [0.15, 0.2) is 0 Å². The third-order valence-corrected chi connectivity index (χ3v) is 4.86. The Hall–Kier alpha value is -2.14. The monoisotopic (exact) mass is 342 g/mol. The highest BCUT2D eigenvalue weighted by atomic mass is 16.5. The van der Waals surface area contributed by atoms with Gasteiger partial charge in [-0.2, -0.15) is 0 Å². The summed E-state index contributed by atoms with van der Waals surface area (Å²) in [4.78, 5) is 27.1. The number of carbonyl (C=O) groups excluding carboxylic acids is 1. The second-order valence-electron chi connectivity index (χ2n) is 6.72. The van der Waals surface area contributed by atoms with Gasteiger partial charge in [-0.3, -0.25) is 9.59 Å². The van der Waals surface area contributed by atoms with Crippen LogP contribution in [0.15, 0.2) is 35.1 Å². The fraction of sp³-hybridized carbons (Fsp3) is 0.500. The molecule has 1 aromatic carbocycles. The maximum atomic E-state index is 12.5. The molecule has 2 aromatic rings. The Morgan fingerprint density at radius 2 is 2.04 bits per heavy atom. The van der Waals surface area contributed by atoms with Gasteiger partial charge in [0.25, 0.3) is 0 Å². The predicted molar refractivity (Wildman–Crippen MR) is 98.5 cm³/mol. The molecule has 1 heterocycles. The molecular formula is C20H26N2O3. The van der Waals surface area contributed by atoms with E-state index in [0.29, 0.717) is 13.0 Å². The summed E-state index contributed by atoms with van der Waals surface area (Å²) in [6.07, 6.45) is 6.14. The Morgan fingerprint density at radius 1 is 1.28 bits per heavy atom. The second kappa shape index (κ2) is 8.30. The van der Waals surface area contributed by atoms with Gasteiger partial charge in [-0.15, -0.1) is 0 Å². The number of aromatic amines is 1. The number of hydrogen-bond acceptors (Lipinski definition) is 3. The zero-order chi connectivity index (χ0) is 17.6. The zero-order valence-electron chi connectivity index (χ0n) is 14.7. The zero-order valence-corrected chi connectivity index (χ0v) is 14.7. The number of para-hydroxylation sites is 1. The van der Waals surface area contributed by atoms with Crippen LogP contribution in [0.3, 0.4) is 0 Å². The number of nitrogens with one attached hydrogen (secondary N) is 2. The van der Waals surface area contributed by atoms with E-state index in [1.807, 2.05) is 31.2 Å². The van der Waals surface area contributed by atoms with Crippen LogP contribution >= 0.6 is 0 Å². The van der Waals surface area contributed by atoms with E-state index in [1.165, 1.54) is 19.3 Å². The number of H-pyrrole nitrogens is 1. The summed E-state index contributed by atoms with van der Waals surface area (Å²) in [7, 11) is 0. The molecule has 3 rings (SSSR count). The fourth-order valence-corrected chi connectivity index (χ4v) is 3.50. The van der Waals surface area contributed by atoms with E-state index in [2.05, 4.69) is 10.3 Å². The van der Waals surface area contributed by atoms with Crippen molar-refractivity contribution >= 4 is 16.8 Å². The van der Waals surface area contributed by atoms with Gasteiger partial charge in [0.05, 0.1) is 6.10 Å². The number of rotatable bonds is 6. The standard InChI is InChI=1S/C20H26N2O3/c1-2-18(25-15-8-4-3-5-9-15)20(24)21-13-14-12-19(23)22-17-11-7-6-10-16(14)17/h6-7,10-12,15,18H,2-5,8-9,13H2,1H3,(H,21,24)(H,22,23)/t18-/m0/s1. The maximum Gasteiger partial charge on any atom is 0.249 e. The molecule has 1 aliphatic carbocycles. The van der Waals surface area contributed by atoms with Crippen LogP contribution in [0.1, 0.15) is 51.0 Å². The highest BCUT2D eigenvalue weighted by Crippen LogP contribution is 2.22. The van der Waals surface area contributed by atoms with Gasteiger partial charge in [-0.1, -0.05) is 44.4 Å². The van der Waals surface area contributed by atoms with Gasteiger partial charge in [0.2, 0.25) is 11.5 Å². The number of ether oxygens (including phenoxy) is 1. The van der Waals surface area contributed by atoms with Crippen LogP contribution in [0.2, 0.25) is 0 Å².